The first-order valence-electron chi connectivity index (χ1n) is 15.4. The number of para-hydroxylation sites is 2. The lowest BCUT2D eigenvalue weighted by Crippen LogP contribution is -2.18. The summed E-state index contributed by atoms with van der Waals surface area (Å²) in [5.41, 5.74) is 9.85. The van der Waals surface area contributed by atoms with Crippen LogP contribution in [0.15, 0.2) is 132 Å². The predicted octanol–water partition coefficient (Wildman–Crippen LogP) is 10.6. The van der Waals surface area contributed by atoms with Crippen molar-refractivity contribution in [3.63, 3.8) is 0 Å². The van der Waals surface area contributed by atoms with Crippen LogP contribution in [-0.4, -0.2) is 14.5 Å². The largest absolute Gasteiger partial charge is 0.456 e. The summed E-state index contributed by atoms with van der Waals surface area (Å²) >= 11 is 0. The molecule has 0 fully saturated rings. The summed E-state index contributed by atoms with van der Waals surface area (Å²) in [5.74, 6) is 0.820. The molecule has 45 heavy (non-hydrogen) atoms. The summed E-state index contributed by atoms with van der Waals surface area (Å²) in [7, 11) is 0. The van der Waals surface area contributed by atoms with Crippen LogP contribution >= 0.6 is 0 Å². The third-order valence-electron chi connectivity index (χ3n) is 9.73. The van der Waals surface area contributed by atoms with Crippen molar-refractivity contribution in [1.29, 1.82) is 0 Å². The van der Waals surface area contributed by atoms with Gasteiger partial charge in [-0.2, -0.15) is 0 Å². The van der Waals surface area contributed by atoms with Crippen molar-refractivity contribution in [3.8, 4) is 28.3 Å². The molecular formula is C41H27N3O. The Morgan fingerprint density at radius 3 is 2.13 bits per heavy atom. The molecule has 0 aliphatic heterocycles. The van der Waals surface area contributed by atoms with Gasteiger partial charge in [-0.25, -0.2) is 9.97 Å². The van der Waals surface area contributed by atoms with E-state index in [2.05, 4.69) is 128 Å². The average Bonchev–Trinajstić information content (AvgIpc) is 3.69. The van der Waals surface area contributed by atoms with Gasteiger partial charge in [0.25, 0.3) is 0 Å². The van der Waals surface area contributed by atoms with E-state index in [-0.39, 0.29) is 5.41 Å². The number of rotatable bonds is 2. The minimum Gasteiger partial charge on any atom is -0.456 e. The molecule has 0 N–H and O–H groups in total. The molecular weight excluding hydrogens is 550 g/mol. The van der Waals surface area contributed by atoms with Gasteiger partial charge in [-0.15, -0.1) is 0 Å². The van der Waals surface area contributed by atoms with E-state index in [1.807, 2.05) is 18.2 Å². The summed E-state index contributed by atoms with van der Waals surface area (Å²) in [4.78, 5) is 11.3. The number of furan rings is 1. The third kappa shape index (κ3) is 3.26. The van der Waals surface area contributed by atoms with Gasteiger partial charge in [0.2, 0.25) is 0 Å². The summed E-state index contributed by atoms with van der Waals surface area (Å²) in [6.45, 7) is 4.52. The van der Waals surface area contributed by atoms with Crippen molar-refractivity contribution in [2.24, 2.45) is 0 Å². The highest BCUT2D eigenvalue weighted by Crippen LogP contribution is 2.49. The highest BCUT2D eigenvalue weighted by Gasteiger charge is 2.39. The smallest absolute Gasteiger partial charge is 0.165 e. The number of fused-ring (bicyclic) bond motifs is 10. The zero-order valence-electron chi connectivity index (χ0n) is 24.9. The van der Waals surface area contributed by atoms with Crippen molar-refractivity contribution in [2.45, 2.75) is 19.3 Å². The fraction of sp³-hybridized carbons (Fsp3) is 0.0732. The second-order valence-corrected chi connectivity index (χ2v) is 12.6. The Balaban J connectivity index is 1.41. The van der Waals surface area contributed by atoms with Crippen LogP contribution in [-0.2, 0) is 5.41 Å². The maximum absolute atomic E-state index is 6.36. The molecule has 0 amide bonds. The second-order valence-electron chi connectivity index (χ2n) is 12.6. The van der Waals surface area contributed by atoms with E-state index in [0.717, 1.165) is 67.0 Å². The molecule has 3 aromatic heterocycles. The SMILES string of the molecule is CC1(C)c2ccccc2-c2nc(-n3c4ccccc4c4cc5ccccc5cc43)c(-c3cccc4oc5ccccc5c34)nc21. The minimum absolute atomic E-state index is 0.296. The van der Waals surface area contributed by atoms with Crippen molar-refractivity contribution in [1.82, 2.24) is 14.5 Å². The molecule has 212 valence electrons. The first-order valence-corrected chi connectivity index (χ1v) is 15.4. The maximum atomic E-state index is 6.36. The third-order valence-corrected chi connectivity index (χ3v) is 9.73. The van der Waals surface area contributed by atoms with Gasteiger partial charge >= 0.3 is 0 Å². The summed E-state index contributed by atoms with van der Waals surface area (Å²) in [6, 6.07) is 45.0. The molecule has 3 heterocycles. The van der Waals surface area contributed by atoms with Crippen molar-refractivity contribution in [3.05, 3.63) is 139 Å². The predicted molar refractivity (Wildman–Crippen MR) is 184 cm³/mol. The van der Waals surface area contributed by atoms with Crippen LogP contribution in [0.4, 0.5) is 0 Å². The molecule has 10 rings (SSSR count). The quantitative estimate of drug-likeness (QED) is 0.205. The molecule has 1 aliphatic rings. The van der Waals surface area contributed by atoms with Crippen LogP contribution in [0.25, 0.3) is 82.8 Å². The number of hydrogen-bond donors (Lipinski definition) is 0. The van der Waals surface area contributed by atoms with Crippen molar-refractivity contribution < 1.29 is 4.42 Å². The van der Waals surface area contributed by atoms with Gasteiger partial charge in [0.05, 0.1) is 22.4 Å². The first kappa shape index (κ1) is 24.7. The van der Waals surface area contributed by atoms with Crippen LogP contribution in [0.1, 0.15) is 25.1 Å². The van der Waals surface area contributed by atoms with Crippen LogP contribution in [0.5, 0.6) is 0 Å². The van der Waals surface area contributed by atoms with E-state index in [1.54, 1.807) is 0 Å². The lowest BCUT2D eigenvalue weighted by Gasteiger charge is -2.21. The molecule has 0 atom stereocenters. The van der Waals surface area contributed by atoms with Crippen LogP contribution < -0.4 is 0 Å². The van der Waals surface area contributed by atoms with Crippen LogP contribution in [0.2, 0.25) is 0 Å². The lowest BCUT2D eigenvalue weighted by molar-refractivity contribution is 0.635. The highest BCUT2D eigenvalue weighted by atomic mass is 16.3. The van der Waals surface area contributed by atoms with Gasteiger partial charge in [-0.05, 0) is 46.7 Å². The standard InChI is InChI=1S/C41H27N3O/c1-41(2)31-18-8-5-15-27(31)37-39(41)42-38(29-17-11-21-35-36(29)28-16-7-10-20-34(28)45-35)40(43-37)44-32-19-9-6-14-26(32)30-22-24-12-3-4-13-25(24)23-33(30)44/h3-23H,1-2H3. The Bertz CT molecular complexity index is 2690. The lowest BCUT2D eigenvalue weighted by atomic mass is 9.85. The molecule has 0 bridgehead atoms. The highest BCUT2D eigenvalue weighted by molar-refractivity contribution is 6.15. The van der Waals surface area contributed by atoms with Gasteiger partial charge in [-0.3, -0.25) is 4.57 Å². The zero-order valence-corrected chi connectivity index (χ0v) is 24.9. The van der Waals surface area contributed by atoms with Gasteiger partial charge < -0.3 is 4.42 Å². The van der Waals surface area contributed by atoms with E-state index in [9.17, 15) is 0 Å². The van der Waals surface area contributed by atoms with E-state index >= 15 is 0 Å². The molecule has 0 saturated heterocycles. The Morgan fingerprint density at radius 1 is 0.556 bits per heavy atom. The summed E-state index contributed by atoms with van der Waals surface area (Å²) < 4.78 is 8.69. The first-order chi connectivity index (χ1) is 22.1. The zero-order chi connectivity index (χ0) is 29.9. The Hall–Kier alpha value is -5.74. The molecule has 6 aromatic carbocycles. The number of nitrogens with zero attached hydrogens (tertiary/aromatic N) is 3. The molecule has 0 saturated carbocycles. The van der Waals surface area contributed by atoms with Crippen LogP contribution in [0, 0.1) is 0 Å². The Labute approximate surface area is 259 Å². The van der Waals surface area contributed by atoms with E-state index < -0.39 is 0 Å². The number of benzene rings is 6. The topological polar surface area (TPSA) is 43.9 Å². The Morgan fingerprint density at radius 2 is 1.24 bits per heavy atom. The molecule has 4 heteroatoms. The normalized spacial score (nSPS) is 13.7. The van der Waals surface area contributed by atoms with E-state index in [0.29, 0.717) is 0 Å². The number of aromatic nitrogens is 3. The molecule has 0 unspecified atom stereocenters. The van der Waals surface area contributed by atoms with Gasteiger partial charge in [0.1, 0.15) is 16.9 Å². The number of hydrogen-bond acceptors (Lipinski definition) is 3. The van der Waals surface area contributed by atoms with Gasteiger partial charge in [0.15, 0.2) is 5.82 Å². The van der Waals surface area contributed by atoms with Gasteiger partial charge in [-0.1, -0.05) is 111 Å². The molecule has 4 nitrogen and oxygen atoms in total. The maximum Gasteiger partial charge on any atom is 0.165 e. The fourth-order valence-electron chi connectivity index (χ4n) is 7.60. The Kier molecular flexibility index (Phi) is 4.76. The van der Waals surface area contributed by atoms with Crippen molar-refractivity contribution >= 4 is 54.5 Å². The van der Waals surface area contributed by atoms with E-state index in [1.165, 1.54) is 27.1 Å². The second kappa shape index (κ2) is 8.67. The molecule has 0 spiro atoms. The molecule has 1 aliphatic carbocycles. The van der Waals surface area contributed by atoms with E-state index in [4.69, 9.17) is 14.4 Å². The van der Waals surface area contributed by atoms with Gasteiger partial charge in [0, 0.05) is 38.1 Å². The minimum atomic E-state index is -0.296. The summed E-state index contributed by atoms with van der Waals surface area (Å²) in [5, 5.41) is 6.94. The van der Waals surface area contributed by atoms with Crippen molar-refractivity contribution in [2.75, 3.05) is 0 Å². The monoisotopic (exact) mass is 577 g/mol. The molecule has 0 radical (unpaired) electrons. The average molecular weight is 578 g/mol. The van der Waals surface area contributed by atoms with Crippen LogP contribution in [0.3, 0.4) is 0 Å². The summed E-state index contributed by atoms with van der Waals surface area (Å²) in [6.07, 6.45) is 0. The molecule has 9 aromatic rings. The fourth-order valence-corrected chi connectivity index (χ4v) is 7.60.